The van der Waals surface area contributed by atoms with E-state index < -0.39 is 33.5 Å². The molecule has 0 spiro atoms. The Bertz CT molecular complexity index is 1790. The third kappa shape index (κ3) is 6.03. The van der Waals surface area contributed by atoms with Crippen LogP contribution in [-0.2, 0) is 25.7 Å². The number of ketones is 1. The van der Waals surface area contributed by atoms with E-state index in [1.54, 1.807) is 36.4 Å². The number of aromatic nitrogens is 5. The van der Waals surface area contributed by atoms with Crippen LogP contribution in [0.3, 0.4) is 0 Å². The molecule has 41 heavy (non-hydrogen) atoms. The second kappa shape index (κ2) is 11.1. The van der Waals surface area contributed by atoms with Crippen molar-refractivity contribution < 1.29 is 23.0 Å². The second-order valence-corrected chi connectivity index (χ2v) is 13.0. The van der Waals surface area contributed by atoms with Gasteiger partial charge in [-0.2, -0.15) is 5.10 Å². The Balaban J connectivity index is 1.41. The molecule has 3 aromatic heterocycles. The van der Waals surface area contributed by atoms with E-state index in [2.05, 4.69) is 47.2 Å². The summed E-state index contributed by atoms with van der Waals surface area (Å²) in [6.07, 6.45) is 2.99. The van der Waals surface area contributed by atoms with Crippen LogP contribution in [0.2, 0.25) is 0 Å². The molecule has 0 bridgehead atoms. The van der Waals surface area contributed by atoms with Crippen LogP contribution < -0.4 is 5.32 Å². The van der Waals surface area contributed by atoms with Crippen LogP contribution in [0, 0.1) is 0 Å². The van der Waals surface area contributed by atoms with Gasteiger partial charge in [-0.1, -0.05) is 12.1 Å². The van der Waals surface area contributed by atoms with E-state index in [4.69, 9.17) is 0 Å². The zero-order valence-electron chi connectivity index (χ0n) is 22.1. The van der Waals surface area contributed by atoms with Crippen molar-refractivity contribution >= 4 is 65.6 Å². The van der Waals surface area contributed by atoms with Crippen molar-refractivity contribution in [2.24, 2.45) is 0 Å². The number of likely N-dealkylation sites (tertiary alicyclic amines) is 1. The molecule has 1 aromatic carbocycles. The standard InChI is InChI=1S/C27H25BrFN7O4S/c1-15(37)25-19-9-16(17-11-30-27(31-12-17)41(2,3)40)7-8-20(19)36(34-25)14-24(38)35-13-18(29)10-21(35)26(39)33-23-6-4-5-22(28)32-23/h4-9,11-12,18,21H,2,10,13-14H2,1,3H3,(H,32,33,39)/t18-,21+,41?/m1/s1. The predicted octanol–water partition coefficient (Wildman–Crippen LogP) is 3.14. The second-order valence-electron chi connectivity index (χ2n) is 9.78. The Labute approximate surface area is 243 Å². The van der Waals surface area contributed by atoms with Gasteiger partial charge in [-0.05, 0) is 51.6 Å². The van der Waals surface area contributed by atoms with Gasteiger partial charge in [0.25, 0.3) is 0 Å². The Morgan fingerprint density at radius 2 is 1.90 bits per heavy atom. The first-order valence-corrected chi connectivity index (χ1v) is 15.4. The number of carbonyl (C=O) groups is 3. The summed E-state index contributed by atoms with van der Waals surface area (Å²) >= 11 is 3.24. The lowest BCUT2D eigenvalue weighted by atomic mass is 10.0. The van der Waals surface area contributed by atoms with Crippen molar-refractivity contribution in [3.63, 3.8) is 0 Å². The fourth-order valence-corrected chi connectivity index (χ4v) is 5.54. The van der Waals surface area contributed by atoms with Gasteiger partial charge in [0.1, 0.15) is 34.9 Å². The minimum absolute atomic E-state index is 0.135. The quantitative estimate of drug-likeness (QED) is 0.140. The molecule has 11 nitrogen and oxygen atoms in total. The van der Waals surface area contributed by atoms with Gasteiger partial charge in [-0.15, -0.1) is 0 Å². The van der Waals surface area contributed by atoms with E-state index in [0.717, 1.165) is 0 Å². The summed E-state index contributed by atoms with van der Waals surface area (Å²) < 4.78 is 28.5. The van der Waals surface area contributed by atoms with E-state index in [9.17, 15) is 23.0 Å². The molecule has 5 rings (SSSR count). The summed E-state index contributed by atoms with van der Waals surface area (Å²) in [5.74, 6) is 2.49. The molecule has 1 N–H and O–H groups in total. The maximum absolute atomic E-state index is 14.5. The molecule has 4 heterocycles. The lowest BCUT2D eigenvalue weighted by molar-refractivity contribution is -0.137. The van der Waals surface area contributed by atoms with Gasteiger partial charge in [0, 0.05) is 52.5 Å². The maximum atomic E-state index is 14.5. The maximum Gasteiger partial charge on any atom is 0.248 e. The summed E-state index contributed by atoms with van der Waals surface area (Å²) in [5.41, 5.74) is 1.97. The van der Waals surface area contributed by atoms with Crippen LogP contribution in [0.4, 0.5) is 10.2 Å². The van der Waals surface area contributed by atoms with Crippen LogP contribution in [0.15, 0.2) is 58.6 Å². The van der Waals surface area contributed by atoms with Gasteiger partial charge in [0.05, 0.1) is 12.1 Å². The number of amides is 2. The molecule has 14 heteroatoms. The fraction of sp³-hybridized carbons (Fsp3) is 0.259. The van der Waals surface area contributed by atoms with Crippen molar-refractivity contribution in [3.8, 4) is 11.1 Å². The number of nitrogens with zero attached hydrogens (tertiary/aromatic N) is 6. The normalized spacial score (nSPS) is 18.3. The molecule has 1 unspecified atom stereocenters. The lowest BCUT2D eigenvalue weighted by Gasteiger charge is -2.23. The monoisotopic (exact) mass is 641 g/mol. The average molecular weight is 643 g/mol. The van der Waals surface area contributed by atoms with Crippen molar-refractivity contribution in [1.29, 1.82) is 0 Å². The van der Waals surface area contributed by atoms with Gasteiger partial charge in [-0.3, -0.25) is 23.3 Å². The first kappa shape index (κ1) is 28.5. The zero-order chi connectivity index (χ0) is 29.5. The fourth-order valence-electron chi connectivity index (χ4n) is 4.64. The molecule has 1 saturated heterocycles. The number of hydrogen-bond donors (Lipinski definition) is 1. The van der Waals surface area contributed by atoms with Gasteiger partial charge in [0.2, 0.25) is 17.0 Å². The summed E-state index contributed by atoms with van der Waals surface area (Å²) in [6, 6.07) is 9.15. The number of benzene rings is 1. The van der Waals surface area contributed by atoms with Crippen molar-refractivity contribution in [2.45, 2.75) is 37.3 Å². The number of Topliss-reactive ketones (excluding diaryl/α,β-unsaturated/α-hetero) is 1. The van der Waals surface area contributed by atoms with Gasteiger partial charge in [-0.25, -0.2) is 19.3 Å². The van der Waals surface area contributed by atoms with Gasteiger partial charge < -0.3 is 10.2 Å². The molecule has 1 aliphatic rings. The van der Waals surface area contributed by atoms with Crippen molar-refractivity contribution in [3.05, 3.63) is 59.1 Å². The largest absolute Gasteiger partial charge is 0.326 e. The Morgan fingerprint density at radius 3 is 2.56 bits per heavy atom. The van der Waals surface area contributed by atoms with Crippen molar-refractivity contribution in [1.82, 2.24) is 29.6 Å². The number of fused-ring (bicyclic) bond motifs is 1. The van der Waals surface area contributed by atoms with Crippen molar-refractivity contribution in [2.75, 3.05) is 18.1 Å². The lowest BCUT2D eigenvalue weighted by Crippen LogP contribution is -2.44. The van der Waals surface area contributed by atoms with Crippen LogP contribution in [0.25, 0.3) is 22.0 Å². The number of alkyl halides is 1. The minimum Gasteiger partial charge on any atom is -0.326 e. The SMILES string of the molecule is C=S(C)(=O)c1ncc(-c2ccc3c(c2)c(C(C)=O)nn3CC(=O)N2C[C@H](F)C[C@H]2C(=O)Nc2cccc(Br)n2)cn1. The number of carbonyl (C=O) groups excluding carboxylic acids is 3. The molecule has 1 fully saturated rings. The number of halogens is 2. The summed E-state index contributed by atoms with van der Waals surface area (Å²) in [7, 11) is -2.57. The average Bonchev–Trinajstić information content (AvgIpc) is 3.49. The Kier molecular flexibility index (Phi) is 7.70. The van der Waals surface area contributed by atoms with Gasteiger partial charge in [0.15, 0.2) is 5.78 Å². The van der Waals surface area contributed by atoms with E-state index in [0.29, 0.717) is 26.6 Å². The van der Waals surface area contributed by atoms with Crippen LogP contribution in [-0.4, -0.2) is 82.3 Å². The highest BCUT2D eigenvalue weighted by Gasteiger charge is 2.40. The number of hydrogen-bond acceptors (Lipinski definition) is 8. The molecule has 4 aromatic rings. The van der Waals surface area contributed by atoms with E-state index in [-0.39, 0.29) is 42.0 Å². The van der Waals surface area contributed by atoms with E-state index in [1.165, 1.54) is 35.2 Å². The molecule has 212 valence electrons. The molecule has 1 aliphatic heterocycles. The predicted molar refractivity (Wildman–Crippen MR) is 156 cm³/mol. The molecule has 0 radical (unpaired) electrons. The zero-order valence-corrected chi connectivity index (χ0v) is 24.5. The van der Waals surface area contributed by atoms with Crippen LogP contribution >= 0.6 is 15.9 Å². The van der Waals surface area contributed by atoms with Gasteiger partial charge >= 0.3 is 0 Å². The molecule has 3 atom stereocenters. The Morgan fingerprint density at radius 1 is 1.17 bits per heavy atom. The first-order valence-electron chi connectivity index (χ1n) is 12.4. The highest BCUT2D eigenvalue weighted by atomic mass is 79.9. The molecule has 0 aliphatic carbocycles. The first-order chi connectivity index (χ1) is 19.4. The van der Waals surface area contributed by atoms with Crippen LogP contribution in [0.1, 0.15) is 23.8 Å². The third-order valence-corrected chi connectivity index (χ3v) is 7.98. The summed E-state index contributed by atoms with van der Waals surface area (Å²) in [5, 5.41) is 7.66. The highest BCUT2D eigenvalue weighted by molar-refractivity contribution is 9.10. The highest BCUT2D eigenvalue weighted by Crippen LogP contribution is 2.28. The molecule has 0 saturated carbocycles. The molecular weight excluding hydrogens is 617 g/mol. The van der Waals surface area contributed by atoms with Crippen LogP contribution in [0.5, 0.6) is 0 Å². The number of rotatable bonds is 7. The van der Waals surface area contributed by atoms with E-state index in [1.807, 2.05) is 0 Å². The minimum atomic E-state index is -2.57. The topological polar surface area (TPSA) is 140 Å². The Hall–Kier alpha value is -4.04. The number of pyridine rings is 1. The smallest absolute Gasteiger partial charge is 0.248 e. The summed E-state index contributed by atoms with van der Waals surface area (Å²) in [4.78, 5) is 52.5. The number of anilines is 1. The molecule has 2 amide bonds. The number of nitrogens with one attached hydrogen (secondary N) is 1. The van der Waals surface area contributed by atoms with E-state index >= 15 is 0 Å². The third-order valence-electron chi connectivity index (χ3n) is 6.56. The summed E-state index contributed by atoms with van der Waals surface area (Å²) in [6.45, 7) is 0.829. The molecular formula is C27H25BrFN7O4S.